The van der Waals surface area contributed by atoms with Crippen molar-refractivity contribution < 1.29 is 40.4 Å². The Morgan fingerprint density at radius 2 is 1.83 bits per heavy atom. The number of aromatic nitrogens is 1. The molecule has 1 amide bonds. The first-order chi connectivity index (χ1) is 13.1. The van der Waals surface area contributed by atoms with Gasteiger partial charge >= 0.3 is 6.18 Å². The second-order valence-electron chi connectivity index (χ2n) is 7.65. The predicted molar refractivity (Wildman–Crippen MR) is 99.4 cm³/mol. The molecule has 8 nitrogen and oxygen atoms in total. The summed E-state index contributed by atoms with van der Waals surface area (Å²) in [6, 6.07) is 1.41. The number of alkyl halides is 3. The lowest BCUT2D eigenvalue weighted by atomic mass is 9.90. The van der Waals surface area contributed by atoms with Gasteiger partial charge in [0, 0.05) is 18.6 Å². The van der Waals surface area contributed by atoms with Crippen LogP contribution in [0.4, 0.5) is 19.1 Å². The van der Waals surface area contributed by atoms with E-state index in [1.165, 1.54) is 6.07 Å². The number of nitrogens with zero attached hydrogens (tertiary/aromatic N) is 1. The molecular weight excluding hydrogens is 417 g/mol. The number of sulfone groups is 1. The summed E-state index contributed by atoms with van der Waals surface area (Å²) in [6.07, 6.45) is -6.17. The van der Waals surface area contributed by atoms with Crippen molar-refractivity contribution in [1.29, 1.82) is 0 Å². The highest BCUT2D eigenvalue weighted by Crippen LogP contribution is 2.28. The molecule has 1 N–H and O–H groups in total. The van der Waals surface area contributed by atoms with E-state index in [9.17, 15) is 26.4 Å². The molecule has 12 heteroatoms. The van der Waals surface area contributed by atoms with Crippen LogP contribution in [0.5, 0.6) is 0 Å². The summed E-state index contributed by atoms with van der Waals surface area (Å²) in [5.74, 6) is -2.32. The molecule has 0 atom stereocenters. The second kappa shape index (κ2) is 9.43. The van der Waals surface area contributed by atoms with Crippen molar-refractivity contribution in [3.8, 4) is 0 Å². The Balaban J connectivity index is 2.81. The van der Waals surface area contributed by atoms with Gasteiger partial charge in [0.05, 0.1) is 37.7 Å². The summed E-state index contributed by atoms with van der Waals surface area (Å²) in [4.78, 5) is 12.4. The highest BCUT2D eigenvalue weighted by molar-refractivity contribution is 7.93. The minimum absolute atomic E-state index is 0.117. The molecule has 0 aromatic carbocycles. The first kappa shape index (κ1) is 25.4. The molecule has 0 aliphatic rings. The van der Waals surface area contributed by atoms with E-state index >= 15 is 0 Å². The van der Waals surface area contributed by atoms with Crippen molar-refractivity contribution >= 4 is 21.6 Å². The SMILES string of the molecule is COCCOCC(C)(C)c1cc(NC(=O)C(C)(C)S(=O)(=O)CCC(F)(F)F)on1. The summed E-state index contributed by atoms with van der Waals surface area (Å²) in [5.41, 5.74) is -0.128. The standard InChI is InChI=1S/C17H27F3N2O6S/c1-15(2,11-27-8-7-26-5)12-10-13(28-22-12)21-14(23)16(3,4)29(24,25)9-6-17(18,19)20/h10H,6-9,11H2,1-5H3,(H,21,23). The predicted octanol–water partition coefficient (Wildman–Crippen LogP) is 2.70. The third-order valence-electron chi connectivity index (χ3n) is 4.31. The first-order valence-electron chi connectivity index (χ1n) is 8.77. The average molecular weight is 444 g/mol. The quantitative estimate of drug-likeness (QED) is 0.523. The summed E-state index contributed by atoms with van der Waals surface area (Å²) in [6.45, 7) is 6.83. The number of hydrogen-bond acceptors (Lipinski definition) is 7. The molecule has 29 heavy (non-hydrogen) atoms. The maximum atomic E-state index is 12.4. The van der Waals surface area contributed by atoms with E-state index in [2.05, 4.69) is 10.5 Å². The zero-order valence-electron chi connectivity index (χ0n) is 17.1. The number of hydrogen-bond donors (Lipinski definition) is 1. The van der Waals surface area contributed by atoms with Crippen molar-refractivity contribution in [3.63, 3.8) is 0 Å². The molecule has 1 rings (SSSR count). The molecule has 0 unspecified atom stereocenters. The fourth-order valence-corrected chi connectivity index (χ4v) is 3.45. The van der Waals surface area contributed by atoms with Crippen molar-refractivity contribution in [2.45, 2.75) is 50.5 Å². The number of nitrogens with one attached hydrogen (secondary N) is 1. The monoisotopic (exact) mass is 444 g/mol. The third-order valence-corrected chi connectivity index (χ3v) is 6.80. The van der Waals surface area contributed by atoms with E-state index in [0.29, 0.717) is 18.9 Å². The minimum atomic E-state index is -4.64. The van der Waals surface area contributed by atoms with Crippen molar-refractivity contribution in [2.24, 2.45) is 0 Å². The summed E-state index contributed by atoms with van der Waals surface area (Å²) < 4.78 is 74.9. The van der Waals surface area contributed by atoms with Crippen LogP contribution < -0.4 is 5.32 Å². The van der Waals surface area contributed by atoms with Gasteiger partial charge in [-0.05, 0) is 13.8 Å². The van der Waals surface area contributed by atoms with Gasteiger partial charge in [-0.2, -0.15) is 13.2 Å². The average Bonchev–Trinajstić information content (AvgIpc) is 3.06. The van der Waals surface area contributed by atoms with Gasteiger partial charge < -0.3 is 14.0 Å². The van der Waals surface area contributed by atoms with Gasteiger partial charge in [0.25, 0.3) is 0 Å². The number of anilines is 1. The molecule has 0 bridgehead atoms. The van der Waals surface area contributed by atoms with Crippen LogP contribution in [-0.2, 0) is 29.5 Å². The van der Waals surface area contributed by atoms with Crippen molar-refractivity contribution in [1.82, 2.24) is 5.16 Å². The number of ether oxygens (including phenoxy) is 2. The zero-order valence-corrected chi connectivity index (χ0v) is 17.9. The van der Waals surface area contributed by atoms with Crippen LogP contribution >= 0.6 is 0 Å². The van der Waals surface area contributed by atoms with Crippen LogP contribution in [0.3, 0.4) is 0 Å². The molecule has 0 spiro atoms. The van der Waals surface area contributed by atoms with Crippen LogP contribution in [-0.4, -0.2) is 63.1 Å². The molecule has 1 heterocycles. The molecule has 1 aromatic heterocycles. The number of amides is 1. The van der Waals surface area contributed by atoms with Gasteiger partial charge in [-0.1, -0.05) is 19.0 Å². The van der Waals surface area contributed by atoms with Crippen molar-refractivity contribution in [3.05, 3.63) is 11.8 Å². The van der Waals surface area contributed by atoms with Crippen LogP contribution in [0.15, 0.2) is 10.6 Å². The Hall–Kier alpha value is -1.66. The smallest absolute Gasteiger partial charge is 0.382 e. The van der Waals surface area contributed by atoms with Crippen LogP contribution in [0.2, 0.25) is 0 Å². The number of rotatable bonds is 11. The second-order valence-corrected chi connectivity index (χ2v) is 10.3. The van der Waals surface area contributed by atoms with E-state index < -0.39 is 44.3 Å². The van der Waals surface area contributed by atoms with E-state index in [-0.39, 0.29) is 12.5 Å². The molecule has 0 saturated heterocycles. The van der Waals surface area contributed by atoms with Crippen LogP contribution in [0, 0.1) is 0 Å². The number of halogens is 3. The highest BCUT2D eigenvalue weighted by atomic mass is 32.2. The summed E-state index contributed by atoms with van der Waals surface area (Å²) >= 11 is 0. The Morgan fingerprint density at radius 3 is 2.38 bits per heavy atom. The minimum Gasteiger partial charge on any atom is -0.382 e. The number of carbonyl (C=O) groups excluding carboxylic acids is 1. The van der Waals surface area contributed by atoms with E-state index in [4.69, 9.17) is 14.0 Å². The lowest BCUT2D eigenvalue weighted by molar-refractivity contribution is -0.130. The Bertz CT molecular complexity index is 787. The Labute approximate surface area is 168 Å². The molecule has 0 fully saturated rings. The van der Waals surface area contributed by atoms with Gasteiger partial charge in [-0.3, -0.25) is 10.1 Å². The highest BCUT2D eigenvalue weighted by Gasteiger charge is 2.44. The Morgan fingerprint density at radius 1 is 1.21 bits per heavy atom. The molecule has 168 valence electrons. The first-order valence-corrected chi connectivity index (χ1v) is 10.4. The lowest BCUT2D eigenvalue weighted by Crippen LogP contribution is -2.46. The van der Waals surface area contributed by atoms with Gasteiger partial charge in [-0.25, -0.2) is 8.42 Å². The summed E-state index contributed by atoms with van der Waals surface area (Å²) in [7, 11) is -2.83. The molecule has 0 saturated carbocycles. The van der Waals surface area contributed by atoms with Gasteiger partial charge in [-0.15, -0.1) is 0 Å². The molecule has 0 radical (unpaired) electrons. The maximum absolute atomic E-state index is 12.4. The fraction of sp³-hybridized carbons (Fsp3) is 0.765. The van der Waals surface area contributed by atoms with E-state index in [1.807, 2.05) is 13.8 Å². The van der Waals surface area contributed by atoms with E-state index in [0.717, 1.165) is 13.8 Å². The molecule has 1 aromatic rings. The number of carbonyl (C=O) groups is 1. The van der Waals surface area contributed by atoms with Crippen LogP contribution in [0.1, 0.15) is 39.8 Å². The van der Waals surface area contributed by atoms with E-state index in [1.54, 1.807) is 7.11 Å². The largest absolute Gasteiger partial charge is 0.390 e. The van der Waals surface area contributed by atoms with Crippen LogP contribution in [0.25, 0.3) is 0 Å². The summed E-state index contributed by atoms with van der Waals surface area (Å²) in [5, 5.41) is 6.12. The topological polar surface area (TPSA) is 108 Å². The van der Waals surface area contributed by atoms with Gasteiger partial charge in [0.2, 0.25) is 11.8 Å². The normalized spacial score (nSPS) is 13.5. The van der Waals surface area contributed by atoms with Gasteiger partial charge in [0.1, 0.15) is 4.75 Å². The molecule has 0 aliphatic carbocycles. The fourth-order valence-electron chi connectivity index (χ4n) is 2.11. The maximum Gasteiger partial charge on any atom is 0.390 e. The lowest BCUT2D eigenvalue weighted by Gasteiger charge is -2.23. The zero-order chi connectivity index (χ0) is 22.5. The third kappa shape index (κ3) is 7.27. The van der Waals surface area contributed by atoms with Crippen molar-refractivity contribution in [2.75, 3.05) is 38.0 Å². The number of methoxy groups -OCH3 is 1. The molecule has 0 aliphatic heterocycles. The Kier molecular flexibility index (Phi) is 8.26. The molecular formula is C17H27F3N2O6S. The van der Waals surface area contributed by atoms with Gasteiger partial charge in [0.15, 0.2) is 9.84 Å².